The van der Waals surface area contributed by atoms with E-state index in [1.165, 1.54) is 17.4 Å². The molecule has 20 heavy (non-hydrogen) atoms. The highest BCUT2D eigenvalue weighted by molar-refractivity contribution is 7.15. The number of rotatable bonds is 5. The van der Waals surface area contributed by atoms with Crippen molar-refractivity contribution in [1.82, 2.24) is 5.43 Å². The van der Waals surface area contributed by atoms with Crippen LogP contribution in [0.2, 0.25) is 0 Å². The number of hydrazone groups is 1. The van der Waals surface area contributed by atoms with E-state index in [0.717, 1.165) is 21.1 Å². The topological polar surface area (TPSA) is 78.8 Å². The van der Waals surface area contributed by atoms with Crippen molar-refractivity contribution in [2.45, 2.75) is 13.3 Å². The van der Waals surface area contributed by atoms with Gasteiger partial charge in [0.15, 0.2) is 0 Å². The average molecular weight is 308 g/mol. The molecule has 2 rings (SSSR count). The molecule has 0 unspecified atom stereocenters. The van der Waals surface area contributed by atoms with Crippen LogP contribution in [-0.4, -0.2) is 22.7 Å². The Balaban J connectivity index is 1.96. The molecule has 0 aromatic carbocycles. The zero-order valence-electron chi connectivity index (χ0n) is 10.6. The summed E-state index contributed by atoms with van der Waals surface area (Å²) >= 11 is 2.64. The highest BCUT2D eigenvalue weighted by atomic mass is 32.1. The third-order valence-corrected chi connectivity index (χ3v) is 4.49. The summed E-state index contributed by atoms with van der Waals surface area (Å²) in [7, 11) is 0. The second-order valence-electron chi connectivity index (χ2n) is 3.96. The van der Waals surface area contributed by atoms with Crippen molar-refractivity contribution in [2.24, 2.45) is 5.10 Å². The second kappa shape index (κ2) is 6.44. The number of thiophene rings is 2. The van der Waals surface area contributed by atoms with Gasteiger partial charge in [0.05, 0.1) is 17.0 Å². The van der Waals surface area contributed by atoms with E-state index >= 15 is 0 Å². The molecule has 2 heterocycles. The van der Waals surface area contributed by atoms with Gasteiger partial charge in [0.25, 0.3) is 0 Å². The molecule has 7 heteroatoms. The highest BCUT2D eigenvalue weighted by Crippen LogP contribution is 2.17. The lowest BCUT2D eigenvalue weighted by Gasteiger charge is -1.99. The van der Waals surface area contributed by atoms with Gasteiger partial charge in [-0.25, -0.2) is 10.2 Å². The SMILES string of the molecule is CC(=NNC(=O)Cc1cccs1)c1ccc(C(=O)O)s1. The van der Waals surface area contributed by atoms with Crippen LogP contribution >= 0.6 is 22.7 Å². The molecule has 0 saturated carbocycles. The van der Waals surface area contributed by atoms with Gasteiger partial charge < -0.3 is 5.11 Å². The van der Waals surface area contributed by atoms with Gasteiger partial charge in [-0.1, -0.05) is 6.07 Å². The van der Waals surface area contributed by atoms with Crippen molar-refractivity contribution in [2.75, 3.05) is 0 Å². The fraction of sp³-hybridized carbons (Fsp3) is 0.154. The largest absolute Gasteiger partial charge is 0.477 e. The summed E-state index contributed by atoms with van der Waals surface area (Å²) in [4.78, 5) is 24.4. The van der Waals surface area contributed by atoms with Gasteiger partial charge >= 0.3 is 5.97 Å². The quantitative estimate of drug-likeness (QED) is 0.658. The molecule has 2 aromatic heterocycles. The molecule has 5 nitrogen and oxygen atoms in total. The zero-order valence-corrected chi connectivity index (χ0v) is 12.3. The number of hydrogen-bond donors (Lipinski definition) is 2. The Kier molecular flexibility index (Phi) is 4.65. The number of aromatic carboxylic acids is 1. The molecule has 2 N–H and O–H groups in total. The van der Waals surface area contributed by atoms with E-state index in [2.05, 4.69) is 10.5 Å². The predicted molar refractivity (Wildman–Crippen MR) is 79.7 cm³/mol. The summed E-state index contributed by atoms with van der Waals surface area (Å²) in [5.41, 5.74) is 3.06. The first-order valence-corrected chi connectivity index (χ1v) is 7.45. The van der Waals surface area contributed by atoms with Crippen LogP contribution < -0.4 is 5.43 Å². The molecule has 1 amide bonds. The van der Waals surface area contributed by atoms with Crippen molar-refractivity contribution in [3.63, 3.8) is 0 Å². The average Bonchev–Trinajstić information content (AvgIpc) is 3.06. The van der Waals surface area contributed by atoms with Gasteiger partial charge in [0.1, 0.15) is 4.88 Å². The lowest BCUT2D eigenvalue weighted by Crippen LogP contribution is -2.20. The van der Waals surface area contributed by atoms with Crippen LogP contribution in [0, 0.1) is 0 Å². The van der Waals surface area contributed by atoms with Crippen molar-refractivity contribution < 1.29 is 14.7 Å². The van der Waals surface area contributed by atoms with Crippen LogP contribution in [0.25, 0.3) is 0 Å². The Labute approximate surface area is 123 Å². The Morgan fingerprint density at radius 2 is 2.05 bits per heavy atom. The molecular formula is C13H12N2O3S2. The third-order valence-electron chi connectivity index (χ3n) is 2.44. The molecule has 0 fully saturated rings. The number of hydrogen-bond acceptors (Lipinski definition) is 5. The first-order chi connectivity index (χ1) is 9.56. The Morgan fingerprint density at radius 3 is 2.65 bits per heavy atom. The number of carbonyl (C=O) groups is 2. The van der Waals surface area contributed by atoms with Crippen molar-refractivity contribution >= 4 is 40.3 Å². The molecule has 0 saturated heterocycles. The number of amides is 1. The summed E-state index contributed by atoms with van der Waals surface area (Å²) < 4.78 is 0. The molecule has 0 aliphatic carbocycles. The Bertz CT molecular complexity index is 644. The number of carbonyl (C=O) groups excluding carboxylic acids is 1. The van der Waals surface area contributed by atoms with Gasteiger partial charge in [-0.2, -0.15) is 5.10 Å². The summed E-state index contributed by atoms with van der Waals surface area (Å²) in [6, 6.07) is 6.98. The van der Waals surface area contributed by atoms with E-state index < -0.39 is 5.97 Å². The Morgan fingerprint density at radius 1 is 1.30 bits per heavy atom. The number of nitrogens with one attached hydrogen (secondary N) is 1. The molecule has 0 spiro atoms. The number of nitrogens with zero attached hydrogens (tertiary/aromatic N) is 1. The van der Waals surface area contributed by atoms with Gasteiger partial charge in [-0.05, 0) is 30.5 Å². The minimum Gasteiger partial charge on any atom is -0.477 e. The van der Waals surface area contributed by atoms with E-state index in [9.17, 15) is 9.59 Å². The molecule has 2 aromatic rings. The first-order valence-electron chi connectivity index (χ1n) is 5.75. The predicted octanol–water partition coefficient (Wildman–Crippen LogP) is 2.59. The summed E-state index contributed by atoms with van der Waals surface area (Å²) in [5.74, 6) is -1.16. The monoisotopic (exact) mass is 308 g/mol. The van der Waals surface area contributed by atoms with Crippen LogP contribution in [0.5, 0.6) is 0 Å². The minimum absolute atomic E-state index is 0.193. The van der Waals surface area contributed by atoms with Gasteiger partial charge in [-0.15, -0.1) is 22.7 Å². The molecule has 0 radical (unpaired) electrons. The second-order valence-corrected chi connectivity index (χ2v) is 6.07. The van der Waals surface area contributed by atoms with Crippen molar-refractivity contribution in [1.29, 1.82) is 0 Å². The fourth-order valence-corrected chi connectivity index (χ4v) is 2.95. The third kappa shape index (κ3) is 3.75. The maximum atomic E-state index is 11.7. The van der Waals surface area contributed by atoms with Gasteiger partial charge in [0.2, 0.25) is 5.91 Å². The molecule has 0 bridgehead atoms. The molecule has 0 aliphatic heterocycles. The molecule has 0 atom stereocenters. The molecular weight excluding hydrogens is 296 g/mol. The van der Waals surface area contributed by atoms with E-state index in [0.29, 0.717) is 12.1 Å². The first kappa shape index (κ1) is 14.4. The summed E-state index contributed by atoms with van der Waals surface area (Å²) in [5, 5.41) is 14.7. The highest BCUT2D eigenvalue weighted by Gasteiger charge is 2.09. The van der Waals surface area contributed by atoms with Crippen molar-refractivity contribution in [3.05, 3.63) is 44.3 Å². The Hall–Kier alpha value is -1.99. The lowest BCUT2D eigenvalue weighted by molar-refractivity contribution is -0.120. The summed E-state index contributed by atoms with van der Waals surface area (Å²) in [6.07, 6.45) is 0.291. The van der Waals surface area contributed by atoms with Crippen LogP contribution in [0.1, 0.15) is 26.3 Å². The standard InChI is InChI=1S/C13H12N2O3S2/c1-8(10-4-5-11(20-10)13(17)18)14-15-12(16)7-9-3-2-6-19-9/h2-6H,7H2,1H3,(H,15,16)(H,17,18). The maximum Gasteiger partial charge on any atom is 0.345 e. The zero-order chi connectivity index (χ0) is 14.5. The van der Waals surface area contributed by atoms with Crippen molar-refractivity contribution in [3.8, 4) is 0 Å². The van der Waals surface area contributed by atoms with E-state index in [1.54, 1.807) is 13.0 Å². The van der Waals surface area contributed by atoms with E-state index in [-0.39, 0.29) is 10.8 Å². The number of carboxylic acid groups (broad SMARTS) is 1. The molecule has 0 aliphatic rings. The van der Waals surface area contributed by atoms with Crippen LogP contribution in [0.3, 0.4) is 0 Å². The van der Waals surface area contributed by atoms with E-state index in [4.69, 9.17) is 5.11 Å². The maximum absolute atomic E-state index is 11.7. The van der Waals surface area contributed by atoms with Gasteiger partial charge in [-0.3, -0.25) is 4.79 Å². The molecule has 104 valence electrons. The van der Waals surface area contributed by atoms with Crippen LogP contribution in [0.4, 0.5) is 0 Å². The van der Waals surface area contributed by atoms with Gasteiger partial charge in [0, 0.05) is 4.88 Å². The lowest BCUT2D eigenvalue weighted by atomic mass is 10.3. The van der Waals surface area contributed by atoms with E-state index in [1.807, 2.05) is 17.5 Å². The van der Waals surface area contributed by atoms with Crippen LogP contribution in [0.15, 0.2) is 34.7 Å². The minimum atomic E-state index is -0.962. The fourth-order valence-electron chi connectivity index (χ4n) is 1.46. The smallest absolute Gasteiger partial charge is 0.345 e. The normalized spacial score (nSPS) is 11.3. The number of carboxylic acids is 1. The summed E-state index contributed by atoms with van der Waals surface area (Å²) in [6.45, 7) is 1.73. The van der Waals surface area contributed by atoms with Crippen LogP contribution in [-0.2, 0) is 11.2 Å².